The lowest BCUT2D eigenvalue weighted by Gasteiger charge is -2.02. The number of ketones is 1. The molecule has 0 fully saturated rings. The summed E-state index contributed by atoms with van der Waals surface area (Å²) in [5, 5.41) is 0. The van der Waals surface area contributed by atoms with Crippen LogP contribution in [0.4, 0.5) is 0 Å². The Labute approximate surface area is 102 Å². The van der Waals surface area contributed by atoms with Crippen LogP contribution in [-0.2, 0) is 9.47 Å². The highest BCUT2D eigenvalue weighted by molar-refractivity contribution is 9.09. The van der Waals surface area contributed by atoms with Crippen LogP contribution in [0.2, 0.25) is 0 Å². The van der Waals surface area contributed by atoms with Gasteiger partial charge in [-0.1, -0.05) is 12.1 Å². The third kappa shape index (κ3) is 3.43. The van der Waals surface area contributed by atoms with Crippen molar-refractivity contribution in [2.75, 3.05) is 19.2 Å². The van der Waals surface area contributed by atoms with Gasteiger partial charge in [-0.25, -0.2) is 4.79 Å². The average molecular weight is 287 g/mol. The Morgan fingerprint density at radius 3 is 2.25 bits per heavy atom. The molecule has 5 heteroatoms. The summed E-state index contributed by atoms with van der Waals surface area (Å²) >= 11 is 2.99. The zero-order chi connectivity index (χ0) is 12.0. The van der Waals surface area contributed by atoms with Crippen molar-refractivity contribution in [3.8, 4) is 0 Å². The van der Waals surface area contributed by atoms with E-state index < -0.39 is 5.97 Å². The Bertz CT molecular complexity index is 335. The van der Waals surface area contributed by atoms with E-state index in [1.54, 1.807) is 24.3 Å². The summed E-state index contributed by atoms with van der Waals surface area (Å²) in [5.74, 6) is -0.550. The zero-order valence-electron chi connectivity index (χ0n) is 8.73. The molecule has 86 valence electrons. The van der Waals surface area contributed by atoms with E-state index in [1.807, 2.05) is 0 Å². The molecule has 0 aromatic heterocycles. The van der Waals surface area contributed by atoms with Crippen LogP contribution in [0, 0.1) is 0 Å². The van der Waals surface area contributed by atoms with E-state index >= 15 is 0 Å². The van der Waals surface area contributed by atoms with E-state index in [0.29, 0.717) is 11.1 Å². The Morgan fingerprint density at radius 1 is 1.19 bits per heavy atom. The standard InChI is InChI=1S/C11H11BrO4/c1-15-6-10(13)8-2-4-9(5-3-8)11(14)16-7-12/h2-5H,6-7H2,1H3. The van der Waals surface area contributed by atoms with Gasteiger partial charge in [0.05, 0.1) is 5.56 Å². The predicted molar refractivity (Wildman–Crippen MR) is 61.9 cm³/mol. The van der Waals surface area contributed by atoms with Crippen LogP contribution in [0.15, 0.2) is 24.3 Å². The minimum Gasteiger partial charge on any atom is -0.450 e. The molecule has 0 aliphatic heterocycles. The van der Waals surface area contributed by atoms with Gasteiger partial charge in [-0.15, -0.1) is 0 Å². The molecule has 16 heavy (non-hydrogen) atoms. The first-order valence-electron chi connectivity index (χ1n) is 4.54. The van der Waals surface area contributed by atoms with Crippen molar-refractivity contribution in [1.82, 2.24) is 0 Å². The molecule has 1 aromatic carbocycles. The van der Waals surface area contributed by atoms with E-state index in [9.17, 15) is 9.59 Å². The van der Waals surface area contributed by atoms with E-state index in [0.717, 1.165) is 0 Å². The monoisotopic (exact) mass is 286 g/mol. The lowest BCUT2D eigenvalue weighted by Crippen LogP contribution is -2.08. The molecule has 0 atom stereocenters. The topological polar surface area (TPSA) is 52.6 Å². The number of carbonyl (C=O) groups excluding carboxylic acids is 2. The van der Waals surface area contributed by atoms with Crippen LogP contribution in [-0.4, -0.2) is 31.0 Å². The maximum Gasteiger partial charge on any atom is 0.338 e. The highest BCUT2D eigenvalue weighted by atomic mass is 79.9. The summed E-state index contributed by atoms with van der Waals surface area (Å²) in [6.45, 7) is 0.0329. The van der Waals surface area contributed by atoms with Crippen molar-refractivity contribution >= 4 is 27.7 Å². The van der Waals surface area contributed by atoms with Gasteiger partial charge in [0.15, 0.2) is 5.78 Å². The number of Topliss-reactive ketones (excluding diaryl/α,β-unsaturated/α-hetero) is 1. The van der Waals surface area contributed by atoms with Gasteiger partial charge in [-0.3, -0.25) is 4.79 Å². The van der Waals surface area contributed by atoms with Crippen LogP contribution in [0.25, 0.3) is 0 Å². The van der Waals surface area contributed by atoms with Gasteiger partial charge in [0, 0.05) is 12.7 Å². The summed E-state index contributed by atoms with van der Waals surface area (Å²) in [4.78, 5) is 22.7. The maximum atomic E-state index is 11.4. The third-order valence-corrected chi connectivity index (χ3v) is 2.13. The number of methoxy groups -OCH3 is 1. The number of benzene rings is 1. The summed E-state index contributed by atoms with van der Waals surface area (Å²) in [5.41, 5.74) is 1.07. The van der Waals surface area contributed by atoms with Crippen molar-refractivity contribution in [2.45, 2.75) is 0 Å². The smallest absolute Gasteiger partial charge is 0.338 e. The fourth-order valence-electron chi connectivity index (χ4n) is 1.14. The molecule has 1 rings (SSSR count). The minimum absolute atomic E-state index is 0.0329. The fourth-order valence-corrected chi connectivity index (χ4v) is 1.35. The Kier molecular flexibility index (Phi) is 5.14. The van der Waals surface area contributed by atoms with Gasteiger partial charge in [0.25, 0.3) is 0 Å². The minimum atomic E-state index is -0.428. The number of hydrogen-bond acceptors (Lipinski definition) is 4. The average Bonchev–Trinajstić information content (AvgIpc) is 2.30. The number of ether oxygens (including phenoxy) is 2. The first-order valence-corrected chi connectivity index (χ1v) is 5.66. The largest absolute Gasteiger partial charge is 0.450 e. The van der Waals surface area contributed by atoms with Crippen LogP contribution in [0.1, 0.15) is 20.7 Å². The van der Waals surface area contributed by atoms with Crippen molar-refractivity contribution < 1.29 is 19.1 Å². The second-order valence-electron chi connectivity index (χ2n) is 2.97. The lowest BCUT2D eigenvalue weighted by molar-refractivity contribution is 0.0583. The van der Waals surface area contributed by atoms with Gasteiger partial charge in [0.2, 0.25) is 0 Å². The summed E-state index contributed by atoms with van der Waals surface area (Å²) in [7, 11) is 1.46. The Balaban J connectivity index is 2.75. The van der Waals surface area contributed by atoms with E-state index in [2.05, 4.69) is 15.9 Å². The summed E-state index contributed by atoms with van der Waals surface area (Å²) in [6.07, 6.45) is 0. The molecule has 0 spiro atoms. The number of alkyl halides is 1. The lowest BCUT2D eigenvalue weighted by atomic mass is 10.1. The van der Waals surface area contributed by atoms with Gasteiger partial charge < -0.3 is 9.47 Å². The van der Waals surface area contributed by atoms with Crippen molar-refractivity contribution in [3.63, 3.8) is 0 Å². The SMILES string of the molecule is COCC(=O)c1ccc(C(=O)OCBr)cc1. The molecular formula is C11H11BrO4. The first-order chi connectivity index (χ1) is 7.69. The highest BCUT2D eigenvalue weighted by Crippen LogP contribution is 2.07. The Morgan fingerprint density at radius 2 is 1.75 bits per heavy atom. The van der Waals surface area contributed by atoms with E-state index in [-0.39, 0.29) is 17.9 Å². The molecule has 0 N–H and O–H groups in total. The van der Waals surface area contributed by atoms with Gasteiger partial charge in [-0.05, 0) is 28.1 Å². The quantitative estimate of drug-likeness (QED) is 0.472. The van der Waals surface area contributed by atoms with Gasteiger partial charge in [-0.2, -0.15) is 0 Å². The maximum absolute atomic E-state index is 11.4. The molecule has 0 aliphatic rings. The van der Waals surface area contributed by atoms with Gasteiger partial charge >= 0.3 is 5.97 Å². The van der Waals surface area contributed by atoms with Crippen molar-refractivity contribution in [2.24, 2.45) is 0 Å². The number of rotatable bonds is 5. The summed E-state index contributed by atoms with van der Waals surface area (Å²) in [6, 6.07) is 6.25. The predicted octanol–water partition coefficient (Wildman–Crippen LogP) is 2.02. The van der Waals surface area contributed by atoms with Crippen LogP contribution in [0.3, 0.4) is 0 Å². The van der Waals surface area contributed by atoms with Gasteiger partial charge in [0.1, 0.15) is 12.1 Å². The number of esters is 1. The number of carbonyl (C=O) groups is 2. The number of hydrogen-bond donors (Lipinski definition) is 0. The van der Waals surface area contributed by atoms with Crippen LogP contribution >= 0.6 is 15.9 Å². The molecular weight excluding hydrogens is 276 g/mol. The van der Waals surface area contributed by atoms with Crippen LogP contribution in [0.5, 0.6) is 0 Å². The fraction of sp³-hybridized carbons (Fsp3) is 0.273. The molecule has 0 radical (unpaired) electrons. The van der Waals surface area contributed by atoms with Crippen molar-refractivity contribution in [1.29, 1.82) is 0 Å². The first kappa shape index (κ1) is 12.9. The third-order valence-electron chi connectivity index (χ3n) is 1.90. The normalized spacial score (nSPS) is 9.88. The second-order valence-corrected chi connectivity index (χ2v) is 3.43. The van der Waals surface area contributed by atoms with Crippen molar-refractivity contribution in [3.05, 3.63) is 35.4 Å². The molecule has 4 nitrogen and oxygen atoms in total. The summed E-state index contributed by atoms with van der Waals surface area (Å²) < 4.78 is 9.47. The molecule has 1 aromatic rings. The van der Waals surface area contributed by atoms with E-state index in [1.165, 1.54) is 7.11 Å². The number of halogens is 1. The Hall–Kier alpha value is -1.20. The molecule has 0 saturated carbocycles. The highest BCUT2D eigenvalue weighted by Gasteiger charge is 2.09. The molecule has 0 bridgehead atoms. The molecule has 0 aliphatic carbocycles. The molecule has 0 heterocycles. The molecule has 0 amide bonds. The van der Waals surface area contributed by atoms with E-state index in [4.69, 9.17) is 9.47 Å². The zero-order valence-corrected chi connectivity index (χ0v) is 10.3. The molecule has 0 unspecified atom stereocenters. The van der Waals surface area contributed by atoms with Crippen LogP contribution < -0.4 is 0 Å². The second kappa shape index (κ2) is 6.40. The molecule has 0 saturated heterocycles.